The normalized spacial score (nSPS) is 11.9. The molecule has 23 heavy (non-hydrogen) atoms. The molecule has 2 heterocycles. The predicted molar refractivity (Wildman–Crippen MR) is 88.7 cm³/mol. The highest BCUT2D eigenvalue weighted by Gasteiger charge is 2.12. The summed E-state index contributed by atoms with van der Waals surface area (Å²) in [5, 5.41) is 3.62. The van der Waals surface area contributed by atoms with Crippen molar-refractivity contribution in [2.24, 2.45) is 0 Å². The molecule has 6 heteroatoms. The third-order valence-corrected chi connectivity index (χ3v) is 3.75. The highest BCUT2D eigenvalue weighted by atomic mass is 35.5. The Balaban J connectivity index is 1.69. The van der Waals surface area contributed by atoms with Crippen LogP contribution in [0.2, 0.25) is 5.02 Å². The molecule has 1 unspecified atom stereocenters. The minimum Gasteiger partial charge on any atom is -0.345 e. The minimum atomic E-state index is -0.169. The number of carbonyl (C=O) groups is 1. The van der Waals surface area contributed by atoms with Crippen LogP contribution in [-0.2, 0) is 0 Å². The van der Waals surface area contributed by atoms with Gasteiger partial charge < -0.3 is 5.32 Å². The third kappa shape index (κ3) is 3.57. The molecule has 3 aromatic rings. The summed E-state index contributed by atoms with van der Waals surface area (Å²) in [7, 11) is 0. The van der Waals surface area contributed by atoms with Crippen molar-refractivity contribution >= 4 is 17.5 Å². The van der Waals surface area contributed by atoms with Gasteiger partial charge in [0.15, 0.2) is 0 Å². The number of imidazole rings is 1. The van der Waals surface area contributed by atoms with E-state index in [2.05, 4.69) is 15.3 Å². The zero-order valence-electron chi connectivity index (χ0n) is 12.5. The molecule has 1 aromatic carbocycles. The minimum absolute atomic E-state index is 0.118. The Hall–Kier alpha value is -2.66. The maximum absolute atomic E-state index is 12.3. The van der Waals surface area contributed by atoms with E-state index in [0.717, 1.165) is 5.56 Å². The number of aromatic nitrogens is 3. The van der Waals surface area contributed by atoms with Crippen LogP contribution in [0.5, 0.6) is 0 Å². The molecule has 0 radical (unpaired) electrons. The van der Waals surface area contributed by atoms with Crippen molar-refractivity contribution in [2.75, 3.05) is 0 Å². The molecule has 2 aromatic heterocycles. The van der Waals surface area contributed by atoms with Gasteiger partial charge in [-0.15, -0.1) is 0 Å². The summed E-state index contributed by atoms with van der Waals surface area (Å²) < 4.78 is 1.78. The van der Waals surface area contributed by atoms with Gasteiger partial charge >= 0.3 is 0 Å². The number of carbonyl (C=O) groups excluding carboxylic acids is 1. The fraction of sp³-hybridized carbons (Fsp3) is 0.118. The molecule has 5 nitrogen and oxygen atoms in total. The highest BCUT2D eigenvalue weighted by molar-refractivity contribution is 6.30. The van der Waals surface area contributed by atoms with Gasteiger partial charge in [0.05, 0.1) is 11.6 Å². The van der Waals surface area contributed by atoms with Gasteiger partial charge in [-0.05, 0) is 36.8 Å². The summed E-state index contributed by atoms with van der Waals surface area (Å²) in [4.78, 5) is 20.5. The summed E-state index contributed by atoms with van der Waals surface area (Å²) in [5.74, 6) is 0.543. The first-order chi connectivity index (χ1) is 11.1. The summed E-state index contributed by atoms with van der Waals surface area (Å²) in [6.07, 6.45) is 6.69. The van der Waals surface area contributed by atoms with Gasteiger partial charge in [-0.3, -0.25) is 9.36 Å². The Labute approximate surface area is 139 Å². The van der Waals surface area contributed by atoms with Crippen LogP contribution in [0.1, 0.15) is 28.9 Å². The lowest BCUT2D eigenvalue weighted by Gasteiger charge is -2.14. The molecule has 0 spiro atoms. The van der Waals surface area contributed by atoms with Gasteiger partial charge in [-0.25, -0.2) is 9.97 Å². The summed E-state index contributed by atoms with van der Waals surface area (Å²) in [6.45, 7) is 1.93. The quantitative estimate of drug-likeness (QED) is 0.799. The van der Waals surface area contributed by atoms with Crippen molar-refractivity contribution in [3.8, 4) is 5.82 Å². The number of nitrogens with one attached hydrogen (secondary N) is 1. The van der Waals surface area contributed by atoms with E-state index in [1.165, 1.54) is 0 Å². The Morgan fingerprint density at radius 2 is 2.00 bits per heavy atom. The SMILES string of the molecule is CC(NC(=O)c1ccc(-n2ccnc2)nc1)c1ccc(Cl)cc1. The zero-order valence-corrected chi connectivity index (χ0v) is 13.2. The molecule has 0 aliphatic carbocycles. The zero-order chi connectivity index (χ0) is 16.2. The molecule has 0 aliphatic rings. The molecule has 0 aliphatic heterocycles. The predicted octanol–water partition coefficient (Wildman–Crippen LogP) is 3.41. The van der Waals surface area contributed by atoms with Gasteiger partial charge in [0.25, 0.3) is 5.91 Å². The summed E-state index contributed by atoms with van der Waals surface area (Å²) in [5.41, 5.74) is 1.50. The number of amides is 1. The van der Waals surface area contributed by atoms with E-state index < -0.39 is 0 Å². The fourth-order valence-electron chi connectivity index (χ4n) is 2.18. The average molecular weight is 327 g/mol. The van der Waals surface area contributed by atoms with E-state index in [1.807, 2.05) is 19.1 Å². The fourth-order valence-corrected chi connectivity index (χ4v) is 2.31. The van der Waals surface area contributed by atoms with Gasteiger partial charge in [0, 0.05) is 23.6 Å². The Morgan fingerprint density at radius 3 is 2.61 bits per heavy atom. The number of nitrogens with zero attached hydrogens (tertiary/aromatic N) is 3. The van der Waals surface area contributed by atoms with Gasteiger partial charge in [-0.1, -0.05) is 23.7 Å². The third-order valence-electron chi connectivity index (χ3n) is 3.50. The first-order valence-electron chi connectivity index (χ1n) is 7.14. The smallest absolute Gasteiger partial charge is 0.253 e. The van der Waals surface area contributed by atoms with E-state index in [-0.39, 0.29) is 11.9 Å². The highest BCUT2D eigenvalue weighted by Crippen LogP contribution is 2.16. The van der Waals surface area contributed by atoms with E-state index in [9.17, 15) is 4.79 Å². The number of rotatable bonds is 4. The standard InChI is InChI=1S/C17H15ClN4O/c1-12(13-2-5-15(18)6-3-13)21-17(23)14-4-7-16(20-10-14)22-9-8-19-11-22/h2-12H,1H3,(H,21,23). The second-order valence-corrected chi connectivity index (χ2v) is 5.56. The van der Waals surface area contributed by atoms with Gasteiger partial charge in [0.1, 0.15) is 12.1 Å². The lowest BCUT2D eigenvalue weighted by Crippen LogP contribution is -2.26. The first-order valence-corrected chi connectivity index (χ1v) is 7.52. The Bertz CT molecular complexity index is 782. The van der Waals surface area contributed by atoms with Crippen LogP contribution in [0.15, 0.2) is 61.3 Å². The van der Waals surface area contributed by atoms with Gasteiger partial charge in [-0.2, -0.15) is 0 Å². The Kier molecular flexibility index (Phi) is 4.39. The molecule has 1 atom stereocenters. The van der Waals surface area contributed by atoms with E-state index in [1.54, 1.807) is 53.8 Å². The van der Waals surface area contributed by atoms with Gasteiger partial charge in [0.2, 0.25) is 0 Å². The molecule has 0 bridgehead atoms. The maximum atomic E-state index is 12.3. The maximum Gasteiger partial charge on any atom is 0.253 e. The molecular weight excluding hydrogens is 312 g/mol. The topological polar surface area (TPSA) is 59.8 Å². The van der Waals surface area contributed by atoms with Crippen molar-refractivity contribution < 1.29 is 4.79 Å². The largest absolute Gasteiger partial charge is 0.345 e. The number of hydrogen-bond donors (Lipinski definition) is 1. The molecule has 1 N–H and O–H groups in total. The number of halogens is 1. The summed E-state index contributed by atoms with van der Waals surface area (Å²) >= 11 is 5.87. The van der Waals surface area contributed by atoms with Crippen LogP contribution in [0.3, 0.4) is 0 Å². The lowest BCUT2D eigenvalue weighted by atomic mass is 10.1. The van der Waals surface area contributed by atoms with E-state index in [0.29, 0.717) is 16.4 Å². The number of benzene rings is 1. The van der Waals surface area contributed by atoms with Crippen molar-refractivity contribution in [1.29, 1.82) is 0 Å². The van der Waals surface area contributed by atoms with Crippen LogP contribution in [0.25, 0.3) is 5.82 Å². The van der Waals surface area contributed by atoms with Crippen LogP contribution in [0, 0.1) is 0 Å². The lowest BCUT2D eigenvalue weighted by molar-refractivity contribution is 0.0939. The van der Waals surface area contributed by atoms with E-state index >= 15 is 0 Å². The molecule has 0 saturated carbocycles. The van der Waals surface area contributed by atoms with Crippen molar-refractivity contribution in [3.05, 3.63) is 77.5 Å². The van der Waals surface area contributed by atoms with E-state index in [4.69, 9.17) is 11.6 Å². The van der Waals surface area contributed by atoms with Crippen molar-refractivity contribution in [3.63, 3.8) is 0 Å². The molecular formula is C17H15ClN4O. The molecule has 0 saturated heterocycles. The Morgan fingerprint density at radius 1 is 1.22 bits per heavy atom. The number of hydrogen-bond acceptors (Lipinski definition) is 3. The van der Waals surface area contributed by atoms with Crippen LogP contribution < -0.4 is 5.32 Å². The summed E-state index contributed by atoms with van der Waals surface area (Å²) in [6, 6.07) is 10.8. The molecule has 3 rings (SSSR count). The average Bonchev–Trinajstić information content (AvgIpc) is 3.10. The number of pyridine rings is 1. The molecule has 1 amide bonds. The molecule has 116 valence electrons. The monoisotopic (exact) mass is 326 g/mol. The molecule has 0 fully saturated rings. The first kappa shape index (κ1) is 15.2. The van der Waals surface area contributed by atoms with Crippen LogP contribution in [0.4, 0.5) is 0 Å². The van der Waals surface area contributed by atoms with Crippen molar-refractivity contribution in [1.82, 2.24) is 19.9 Å². The van der Waals surface area contributed by atoms with Crippen LogP contribution >= 0.6 is 11.6 Å². The van der Waals surface area contributed by atoms with Crippen molar-refractivity contribution in [2.45, 2.75) is 13.0 Å². The van der Waals surface area contributed by atoms with Crippen LogP contribution in [-0.4, -0.2) is 20.4 Å². The second kappa shape index (κ2) is 6.62. The second-order valence-electron chi connectivity index (χ2n) is 5.12.